The first-order valence-corrected chi connectivity index (χ1v) is 39.6. The molecule has 0 fully saturated rings. The van der Waals surface area contributed by atoms with Crippen LogP contribution in [-0.2, 0) is 21.7 Å². The number of hydrogen-bond donors (Lipinski definition) is 0. The average Bonchev–Trinajstić information content (AvgIpc) is 1.69. The van der Waals surface area contributed by atoms with Crippen LogP contribution in [0.4, 0.5) is 34.1 Å². The Labute approximate surface area is 688 Å². The quantitative estimate of drug-likeness (QED) is 0.141. The van der Waals surface area contributed by atoms with E-state index in [0.717, 1.165) is 120 Å². The fraction of sp³-hybridized carbons (Fsp3) is 0.151. The first-order chi connectivity index (χ1) is 61.2. The fourth-order valence-electron chi connectivity index (χ4n) is 17.7. The molecule has 2 aliphatic rings. The van der Waals surface area contributed by atoms with E-state index in [2.05, 4.69) is 225 Å². The van der Waals surface area contributed by atoms with E-state index >= 15 is 0 Å². The van der Waals surface area contributed by atoms with Crippen molar-refractivity contribution in [2.24, 2.45) is 0 Å². The summed E-state index contributed by atoms with van der Waals surface area (Å²) < 4.78 is 162. The summed E-state index contributed by atoms with van der Waals surface area (Å²) in [6, 6.07) is 68.0. The maximum Gasteiger partial charge on any atom is 0.252 e. The second-order valence-electron chi connectivity index (χ2n) is 34.6. The number of thiophene rings is 1. The molecule has 2 aliphatic heterocycles. The van der Waals surface area contributed by atoms with Crippen molar-refractivity contribution >= 4 is 154 Å². The number of nitrogens with zero attached hydrogens (tertiary/aromatic N) is 5. The van der Waals surface area contributed by atoms with Gasteiger partial charge in [0.1, 0.15) is 0 Å². The van der Waals surface area contributed by atoms with E-state index in [1.54, 1.807) is 15.9 Å². The van der Waals surface area contributed by atoms with Crippen molar-refractivity contribution in [2.75, 3.05) is 9.80 Å². The topological polar surface area (TPSA) is 21.3 Å². The van der Waals surface area contributed by atoms with Crippen molar-refractivity contribution in [3.63, 3.8) is 0 Å². The molecule has 0 bridgehead atoms. The molecule has 0 amide bonds. The number of rotatable bonds is 8. The molecule has 7 heteroatoms. The lowest BCUT2D eigenvalue weighted by atomic mass is 9.33. The summed E-state index contributed by atoms with van der Waals surface area (Å²) in [6.07, 6.45) is 0. The molecular weight excluding hydrogens is 1390 g/mol. The van der Waals surface area contributed by atoms with Gasteiger partial charge in [-0.15, -0.1) is 11.3 Å². The van der Waals surface area contributed by atoms with E-state index < -0.39 is 103 Å². The Hall–Kier alpha value is -12.4. The molecule has 546 valence electrons. The third kappa shape index (κ3) is 10.9. The molecule has 6 heterocycles. The van der Waals surface area contributed by atoms with Crippen molar-refractivity contribution in [3.8, 4) is 50.4 Å². The lowest BCUT2D eigenvalue weighted by molar-refractivity contribution is 0.569. The van der Waals surface area contributed by atoms with Gasteiger partial charge in [0.25, 0.3) is 6.71 Å². The summed E-state index contributed by atoms with van der Waals surface area (Å²) in [5, 5.41) is 3.87. The molecule has 0 radical (unpaired) electrons. The van der Waals surface area contributed by atoms with E-state index in [4.69, 9.17) is 2.74 Å². The molecule has 0 unspecified atom stereocenters. The molecule has 0 saturated heterocycles. The first kappa shape index (κ1) is 53.5. The van der Waals surface area contributed by atoms with E-state index in [1.165, 1.54) is 15.7 Å². The summed E-state index contributed by atoms with van der Waals surface area (Å²) in [4.78, 5) is 4.48. The summed E-state index contributed by atoms with van der Waals surface area (Å²) in [6.45, 7) is 26.1. The van der Waals surface area contributed by atoms with Crippen LogP contribution in [0.5, 0.6) is 0 Å². The van der Waals surface area contributed by atoms with Crippen LogP contribution in [0.15, 0.2) is 315 Å². The zero-order chi connectivity index (χ0) is 90.8. The SMILES string of the molecule is [2H]c1c([2H])c([2H])c2c(c1[2H])c1c([2H])c([2H])c([2H])c([2H])c1n2-c1ccc2c(c1)N(c1cc(-c3ccccc3)cc(-c3ccccc3)c1)c1cc(-n3c4c([2H])c([2H])c([2H])c([2H])c4c4c([2H])c([2H])c([2H])c([2H])c43)cc3c1B2c1ccc(-c2cc(C(C)(C)C)cc(C(C)(C)C)c2)cc1N3c1cccc2c1sc1c(-n3c4ccc(C(C)(C)C)cc4c4cc(C(C)(C)C)ccc43)cccc12. The Kier molecular flexibility index (Phi) is 11.9. The summed E-state index contributed by atoms with van der Waals surface area (Å²) in [7, 11) is 0. The highest BCUT2D eigenvalue weighted by atomic mass is 32.1. The zero-order valence-corrected chi connectivity index (χ0v) is 65.8. The molecule has 21 rings (SSSR count). The van der Waals surface area contributed by atoms with E-state index in [0.29, 0.717) is 22.7 Å². The Balaban J connectivity index is 0.955. The van der Waals surface area contributed by atoms with Crippen LogP contribution in [0.25, 0.3) is 136 Å². The molecule has 0 N–H and O–H groups in total. The molecule has 4 aromatic heterocycles. The minimum Gasteiger partial charge on any atom is -0.311 e. The number of para-hydroxylation sites is 4. The van der Waals surface area contributed by atoms with E-state index in [1.807, 2.05) is 91.0 Å². The number of benzene rings is 15. The minimum absolute atomic E-state index is 0.0773. The van der Waals surface area contributed by atoms with Gasteiger partial charge in [-0.05, 0) is 203 Å². The highest BCUT2D eigenvalue weighted by Gasteiger charge is 2.45. The van der Waals surface area contributed by atoms with Gasteiger partial charge < -0.3 is 23.5 Å². The Morgan fingerprint density at radius 3 is 1.18 bits per heavy atom. The van der Waals surface area contributed by atoms with Crippen LogP contribution in [0.2, 0.25) is 0 Å². The molecule has 0 saturated carbocycles. The summed E-state index contributed by atoms with van der Waals surface area (Å²) >= 11 is 1.69. The van der Waals surface area contributed by atoms with Crippen molar-refractivity contribution in [1.29, 1.82) is 0 Å². The van der Waals surface area contributed by atoms with Gasteiger partial charge in [-0.25, -0.2) is 0 Å². The summed E-state index contributed by atoms with van der Waals surface area (Å²) in [5.41, 5.74) is 18.5. The number of fused-ring (bicyclic) bond motifs is 16. The molecule has 113 heavy (non-hydrogen) atoms. The maximum absolute atomic E-state index is 10.2. The number of anilines is 6. The van der Waals surface area contributed by atoms with Gasteiger partial charge in [-0.3, -0.25) is 0 Å². The fourth-order valence-corrected chi connectivity index (χ4v) is 19.0. The highest BCUT2D eigenvalue weighted by molar-refractivity contribution is 7.27. The predicted octanol–water partition coefficient (Wildman–Crippen LogP) is 27.6. The molecular formula is C106H88BN5S. The number of aromatic nitrogens is 3. The van der Waals surface area contributed by atoms with Crippen LogP contribution in [0, 0.1) is 0 Å². The van der Waals surface area contributed by atoms with Crippen molar-refractivity contribution in [1.82, 2.24) is 13.7 Å². The lowest BCUT2D eigenvalue weighted by Gasteiger charge is -2.45. The Bertz CT molecular complexity index is 7890. The smallest absolute Gasteiger partial charge is 0.252 e. The van der Waals surface area contributed by atoms with Gasteiger partial charge in [0.2, 0.25) is 0 Å². The minimum atomic E-state index is -0.761. The van der Waals surface area contributed by atoms with Gasteiger partial charge in [0, 0.05) is 77.2 Å². The van der Waals surface area contributed by atoms with Crippen LogP contribution in [-0.4, -0.2) is 20.4 Å². The molecule has 19 aromatic rings. The molecule has 0 atom stereocenters. The molecule has 0 spiro atoms. The monoisotopic (exact) mass is 1490 g/mol. The normalized spacial score (nSPS) is 15.2. The van der Waals surface area contributed by atoms with Crippen molar-refractivity contribution < 1.29 is 21.9 Å². The Morgan fingerprint density at radius 2 is 0.681 bits per heavy atom. The van der Waals surface area contributed by atoms with Gasteiger partial charge >= 0.3 is 0 Å². The molecule has 0 aliphatic carbocycles. The van der Waals surface area contributed by atoms with Crippen LogP contribution in [0.1, 0.15) is 127 Å². The summed E-state index contributed by atoms with van der Waals surface area (Å²) in [5.74, 6) is 0. The van der Waals surface area contributed by atoms with E-state index in [9.17, 15) is 19.2 Å². The third-order valence-corrected chi connectivity index (χ3v) is 24.7. The Morgan fingerprint density at radius 1 is 0.257 bits per heavy atom. The van der Waals surface area contributed by atoms with Crippen LogP contribution < -0.4 is 26.2 Å². The first-order valence-electron chi connectivity index (χ1n) is 46.8. The molecule has 5 nitrogen and oxygen atoms in total. The van der Waals surface area contributed by atoms with E-state index in [-0.39, 0.29) is 76.6 Å². The van der Waals surface area contributed by atoms with Gasteiger partial charge in [-0.1, -0.05) is 289 Å². The van der Waals surface area contributed by atoms with Crippen LogP contribution >= 0.6 is 11.3 Å². The van der Waals surface area contributed by atoms with Crippen molar-refractivity contribution in [2.45, 2.75) is 105 Å². The van der Waals surface area contributed by atoms with Gasteiger partial charge in [-0.2, -0.15) is 0 Å². The number of hydrogen-bond acceptors (Lipinski definition) is 3. The lowest BCUT2D eigenvalue weighted by Crippen LogP contribution is -2.61. The maximum atomic E-state index is 10.2. The zero-order valence-electron chi connectivity index (χ0n) is 81.0. The average molecular weight is 1490 g/mol. The van der Waals surface area contributed by atoms with Crippen molar-refractivity contribution in [3.05, 3.63) is 337 Å². The van der Waals surface area contributed by atoms with Crippen LogP contribution in [0.3, 0.4) is 0 Å². The standard InChI is InChI=1S/C106H88BN5S/c1-103(2,3)71-46-51-92-84(60-71)85-61-72(104(4,5)6)47-52-93(85)111(92)94-43-27-37-82-83-38-28-44-95(102(83)113-101(82)94)112-96-58-67(70-54-73(105(7,8)9)59-74(55-70)106(10,11)12)45-49-86(96)107-87-50-48-75(108-88-39-23-19-33-78(88)79-34-20-24-40-89(79)108)62-97(87)110(76-56-68(65-29-15-13-16-30-65)53-69(57-76)66-31-17-14-18-32-66)98-63-77(64-99(112)100(98)107)109-90-41-25-21-35-80(90)81-36-22-26-42-91(81)109/h13-64H,1-12H3/i19D,20D,21D,22D,23D,24D,25D,26D,33D,34D,35D,36D,39D,40D,41D,42D. The van der Waals surface area contributed by atoms with Gasteiger partial charge in [0.15, 0.2) is 0 Å². The second-order valence-corrected chi connectivity index (χ2v) is 35.6. The van der Waals surface area contributed by atoms with Gasteiger partial charge in [0.05, 0.1) is 81.5 Å². The highest BCUT2D eigenvalue weighted by Crippen LogP contribution is 2.53. The third-order valence-electron chi connectivity index (χ3n) is 23.5. The second kappa shape index (κ2) is 25.0. The largest absolute Gasteiger partial charge is 0.311 e. The molecule has 15 aromatic carbocycles. The predicted molar refractivity (Wildman–Crippen MR) is 487 cm³/mol.